The number of ketones is 1. The van der Waals surface area contributed by atoms with E-state index in [1.54, 1.807) is 12.3 Å². The minimum atomic E-state index is -1.29. The van der Waals surface area contributed by atoms with Gasteiger partial charge in [-0.2, -0.15) is 0 Å². The predicted molar refractivity (Wildman–Crippen MR) is 136 cm³/mol. The minimum absolute atomic E-state index is 0.279. The van der Waals surface area contributed by atoms with Crippen LogP contribution in [0.15, 0.2) is 91.1 Å². The van der Waals surface area contributed by atoms with Crippen molar-refractivity contribution in [2.45, 2.75) is 25.8 Å². The second kappa shape index (κ2) is 9.26. The number of aryl methyl sites for hydroxylation is 1. The number of amides is 3. The van der Waals surface area contributed by atoms with Gasteiger partial charge in [-0.1, -0.05) is 66.7 Å². The molecule has 36 heavy (non-hydrogen) atoms. The number of carbonyl (C=O) groups excluding carboxylic acids is 3. The van der Waals surface area contributed by atoms with Crippen molar-refractivity contribution in [2.75, 3.05) is 6.54 Å². The standard InChI is InChI=1S/C29H26N4O3/c1-20-17-24(21(2)33(20)26-15-9-10-16-30-26)25(34)19-32-27(35)29(31-28(32)36,23-13-7-4-8-14-23)18-22-11-5-3-6-12-22/h3-17H,18-19H2,1-2H3,(H,31,36). The average molecular weight is 479 g/mol. The van der Waals surface area contributed by atoms with Crippen LogP contribution < -0.4 is 5.32 Å². The average Bonchev–Trinajstić information content (AvgIpc) is 3.33. The summed E-state index contributed by atoms with van der Waals surface area (Å²) in [6.45, 7) is 3.39. The number of nitrogens with zero attached hydrogens (tertiary/aromatic N) is 3. The van der Waals surface area contributed by atoms with E-state index in [9.17, 15) is 14.4 Å². The molecule has 7 heteroatoms. The van der Waals surface area contributed by atoms with Gasteiger partial charge in [0.2, 0.25) is 0 Å². The summed E-state index contributed by atoms with van der Waals surface area (Å²) >= 11 is 0. The maximum Gasteiger partial charge on any atom is 0.325 e. The number of aromatic nitrogens is 2. The van der Waals surface area contributed by atoms with E-state index in [0.717, 1.165) is 16.2 Å². The van der Waals surface area contributed by atoms with E-state index in [2.05, 4.69) is 10.3 Å². The first-order valence-electron chi connectivity index (χ1n) is 11.8. The first kappa shape index (κ1) is 23.2. The molecule has 7 nitrogen and oxygen atoms in total. The van der Waals surface area contributed by atoms with E-state index in [1.165, 1.54) is 0 Å². The fraction of sp³-hybridized carbons (Fsp3) is 0.172. The monoisotopic (exact) mass is 478 g/mol. The van der Waals surface area contributed by atoms with Gasteiger partial charge in [0.15, 0.2) is 11.3 Å². The van der Waals surface area contributed by atoms with Gasteiger partial charge >= 0.3 is 6.03 Å². The molecule has 0 saturated carbocycles. The van der Waals surface area contributed by atoms with Crippen molar-refractivity contribution in [1.82, 2.24) is 19.8 Å². The maximum absolute atomic E-state index is 13.9. The van der Waals surface area contributed by atoms with Gasteiger partial charge < -0.3 is 9.88 Å². The van der Waals surface area contributed by atoms with Gasteiger partial charge in [0.05, 0.1) is 6.54 Å². The van der Waals surface area contributed by atoms with Crippen molar-refractivity contribution in [3.63, 3.8) is 0 Å². The molecule has 1 aliphatic rings. The summed E-state index contributed by atoms with van der Waals surface area (Å²) in [7, 11) is 0. The summed E-state index contributed by atoms with van der Waals surface area (Å²) < 4.78 is 1.89. The van der Waals surface area contributed by atoms with Crippen molar-refractivity contribution >= 4 is 17.7 Å². The molecular formula is C29H26N4O3. The zero-order valence-corrected chi connectivity index (χ0v) is 20.1. The van der Waals surface area contributed by atoms with Crippen LogP contribution in [-0.4, -0.2) is 38.7 Å². The fourth-order valence-corrected chi connectivity index (χ4v) is 4.92. The highest BCUT2D eigenvalue weighted by molar-refractivity contribution is 6.11. The third kappa shape index (κ3) is 3.98. The number of benzene rings is 2. The first-order chi connectivity index (χ1) is 17.4. The number of pyridine rings is 1. The van der Waals surface area contributed by atoms with E-state index in [4.69, 9.17) is 0 Å². The summed E-state index contributed by atoms with van der Waals surface area (Å²) in [5.41, 5.74) is 2.30. The zero-order chi connectivity index (χ0) is 25.3. The Bertz CT molecular complexity index is 1430. The molecule has 2 aromatic carbocycles. The van der Waals surface area contributed by atoms with Gasteiger partial charge in [0.25, 0.3) is 5.91 Å². The Kier molecular flexibility index (Phi) is 5.98. The van der Waals surface area contributed by atoms with Gasteiger partial charge in [-0.25, -0.2) is 9.78 Å². The van der Waals surface area contributed by atoms with E-state index in [0.29, 0.717) is 22.6 Å². The van der Waals surface area contributed by atoms with Crippen molar-refractivity contribution in [3.05, 3.63) is 119 Å². The quantitative estimate of drug-likeness (QED) is 0.316. The number of nitrogens with one attached hydrogen (secondary N) is 1. The van der Waals surface area contributed by atoms with E-state index >= 15 is 0 Å². The van der Waals surface area contributed by atoms with Crippen LogP contribution in [0.3, 0.4) is 0 Å². The summed E-state index contributed by atoms with van der Waals surface area (Å²) in [6.07, 6.45) is 1.97. The molecule has 0 aliphatic carbocycles. The Morgan fingerprint density at radius 3 is 2.25 bits per heavy atom. The van der Waals surface area contributed by atoms with E-state index in [-0.39, 0.29) is 18.7 Å². The molecule has 180 valence electrons. The van der Waals surface area contributed by atoms with Crippen LogP contribution in [0.1, 0.15) is 32.9 Å². The topological polar surface area (TPSA) is 84.3 Å². The third-order valence-corrected chi connectivity index (χ3v) is 6.67. The molecular weight excluding hydrogens is 452 g/mol. The lowest BCUT2D eigenvalue weighted by Gasteiger charge is -2.27. The molecule has 1 aliphatic heterocycles. The lowest BCUT2D eigenvalue weighted by atomic mass is 9.83. The van der Waals surface area contributed by atoms with Gasteiger partial charge in [-0.05, 0) is 43.2 Å². The van der Waals surface area contributed by atoms with Gasteiger partial charge in [0, 0.05) is 29.6 Å². The number of urea groups is 1. The van der Waals surface area contributed by atoms with Crippen LogP contribution in [0, 0.1) is 13.8 Å². The molecule has 1 N–H and O–H groups in total. The van der Waals surface area contributed by atoms with E-state index < -0.39 is 17.5 Å². The van der Waals surface area contributed by atoms with Gasteiger partial charge in [-0.15, -0.1) is 0 Å². The molecule has 0 bridgehead atoms. The lowest BCUT2D eigenvalue weighted by molar-refractivity contribution is -0.131. The van der Waals surface area contributed by atoms with Crippen molar-refractivity contribution in [2.24, 2.45) is 0 Å². The zero-order valence-electron chi connectivity index (χ0n) is 20.1. The van der Waals surface area contributed by atoms with Crippen molar-refractivity contribution in [1.29, 1.82) is 0 Å². The number of rotatable bonds is 7. The van der Waals surface area contributed by atoms with E-state index in [1.807, 2.05) is 97.3 Å². The molecule has 1 fully saturated rings. The number of hydrogen-bond acceptors (Lipinski definition) is 4. The number of imide groups is 1. The fourth-order valence-electron chi connectivity index (χ4n) is 4.92. The van der Waals surface area contributed by atoms with Crippen LogP contribution in [0.25, 0.3) is 5.82 Å². The number of hydrogen-bond donors (Lipinski definition) is 1. The Balaban J connectivity index is 1.47. The normalized spacial score (nSPS) is 17.3. The molecule has 0 radical (unpaired) electrons. The SMILES string of the molecule is Cc1cc(C(=O)CN2C(=O)NC(Cc3ccccc3)(c3ccccc3)C2=O)c(C)n1-c1ccccn1. The van der Waals surface area contributed by atoms with Gasteiger partial charge in [-0.3, -0.25) is 14.5 Å². The van der Waals surface area contributed by atoms with Gasteiger partial charge in [0.1, 0.15) is 5.82 Å². The molecule has 3 heterocycles. The first-order valence-corrected chi connectivity index (χ1v) is 11.8. The van der Waals surface area contributed by atoms with Crippen LogP contribution in [0.2, 0.25) is 0 Å². The minimum Gasteiger partial charge on any atom is -0.319 e. The maximum atomic E-state index is 13.9. The Labute approximate surface area is 209 Å². The Morgan fingerprint density at radius 1 is 0.917 bits per heavy atom. The number of carbonyl (C=O) groups is 3. The van der Waals surface area contributed by atoms with Crippen molar-refractivity contribution < 1.29 is 14.4 Å². The molecule has 3 amide bonds. The van der Waals surface area contributed by atoms with Crippen LogP contribution in [0.5, 0.6) is 0 Å². The molecule has 2 aromatic heterocycles. The molecule has 0 spiro atoms. The highest BCUT2D eigenvalue weighted by atomic mass is 16.2. The molecule has 1 unspecified atom stereocenters. The summed E-state index contributed by atoms with van der Waals surface area (Å²) in [5, 5.41) is 2.92. The van der Waals surface area contributed by atoms with Crippen LogP contribution in [0.4, 0.5) is 4.79 Å². The summed E-state index contributed by atoms with van der Waals surface area (Å²) in [4.78, 5) is 45.8. The molecule has 1 saturated heterocycles. The Morgan fingerprint density at radius 2 is 1.58 bits per heavy atom. The third-order valence-electron chi connectivity index (χ3n) is 6.67. The second-order valence-electron chi connectivity index (χ2n) is 8.99. The molecule has 4 aromatic rings. The molecule has 5 rings (SSSR count). The van der Waals surface area contributed by atoms with Crippen LogP contribution >= 0.6 is 0 Å². The Hall–Kier alpha value is -4.52. The van der Waals surface area contributed by atoms with Crippen LogP contribution in [-0.2, 0) is 16.8 Å². The smallest absolute Gasteiger partial charge is 0.319 e. The highest BCUT2D eigenvalue weighted by Crippen LogP contribution is 2.33. The van der Waals surface area contributed by atoms with Crippen molar-refractivity contribution in [3.8, 4) is 5.82 Å². The second-order valence-corrected chi connectivity index (χ2v) is 8.99. The largest absolute Gasteiger partial charge is 0.325 e. The lowest BCUT2D eigenvalue weighted by Crippen LogP contribution is -2.46. The summed E-state index contributed by atoms with van der Waals surface area (Å²) in [6, 6.07) is 25.5. The predicted octanol–water partition coefficient (Wildman–Crippen LogP) is 4.36. The highest BCUT2D eigenvalue weighted by Gasteiger charge is 2.52. The molecule has 1 atom stereocenters. The summed E-state index contributed by atoms with van der Waals surface area (Å²) in [5.74, 6) is -0.0423. The number of Topliss-reactive ketones (excluding diaryl/α,β-unsaturated/α-hetero) is 1.